The highest BCUT2D eigenvalue weighted by atomic mass is 16.5. The Labute approximate surface area is 136 Å². The predicted molar refractivity (Wildman–Crippen MR) is 86.0 cm³/mol. The molecule has 8 nitrogen and oxygen atoms in total. The number of carbonyl (C=O) groups is 1. The van der Waals surface area contributed by atoms with Crippen LogP contribution in [0.4, 0.5) is 0 Å². The molecule has 0 fully saturated rings. The summed E-state index contributed by atoms with van der Waals surface area (Å²) in [5, 5.41) is 20.3. The molecule has 0 saturated heterocycles. The average Bonchev–Trinajstić information content (AvgIpc) is 3.27. The third kappa shape index (κ3) is 3.12. The molecule has 0 atom stereocenters. The quantitative estimate of drug-likeness (QED) is 0.491. The number of nitrogens with one attached hydrogen (secondary N) is 2. The lowest BCUT2D eigenvalue weighted by Crippen LogP contribution is -2.18. The molecule has 3 rings (SSSR count). The number of furan rings is 1. The minimum atomic E-state index is -0.498. The van der Waals surface area contributed by atoms with E-state index in [1.165, 1.54) is 19.6 Å². The van der Waals surface area contributed by atoms with Gasteiger partial charge in [-0.2, -0.15) is 10.2 Å². The number of aromatic hydroxyl groups is 1. The van der Waals surface area contributed by atoms with Gasteiger partial charge in [-0.15, -0.1) is 0 Å². The third-order valence-electron chi connectivity index (χ3n) is 3.22. The third-order valence-corrected chi connectivity index (χ3v) is 3.22. The number of amides is 1. The lowest BCUT2D eigenvalue weighted by atomic mass is 10.2. The highest BCUT2D eigenvalue weighted by molar-refractivity contribution is 5.94. The molecule has 1 amide bonds. The van der Waals surface area contributed by atoms with E-state index in [0.29, 0.717) is 22.8 Å². The molecule has 0 spiro atoms. The maximum atomic E-state index is 12.0. The van der Waals surface area contributed by atoms with Gasteiger partial charge in [-0.3, -0.25) is 9.89 Å². The number of phenols is 1. The Morgan fingerprint density at radius 3 is 3.04 bits per heavy atom. The van der Waals surface area contributed by atoms with E-state index in [1.54, 1.807) is 36.4 Å². The second-order valence-corrected chi connectivity index (χ2v) is 4.74. The molecule has 2 aromatic heterocycles. The summed E-state index contributed by atoms with van der Waals surface area (Å²) in [4.78, 5) is 12.0. The maximum absolute atomic E-state index is 12.0. The molecule has 8 heteroatoms. The van der Waals surface area contributed by atoms with Gasteiger partial charge in [0.05, 0.1) is 19.6 Å². The normalized spacial score (nSPS) is 10.9. The number of hydrogen-bond acceptors (Lipinski definition) is 6. The Morgan fingerprint density at radius 2 is 2.29 bits per heavy atom. The molecule has 1 aromatic carbocycles. The highest BCUT2D eigenvalue weighted by Gasteiger charge is 2.12. The van der Waals surface area contributed by atoms with E-state index >= 15 is 0 Å². The van der Waals surface area contributed by atoms with Crippen molar-refractivity contribution in [1.29, 1.82) is 0 Å². The first-order valence-electron chi connectivity index (χ1n) is 6.97. The van der Waals surface area contributed by atoms with Crippen molar-refractivity contribution >= 4 is 12.1 Å². The van der Waals surface area contributed by atoms with E-state index in [9.17, 15) is 9.90 Å². The van der Waals surface area contributed by atoms with Crippen LogP contribution in [0.3, 0.4) is 0 Å². The second-order valence-electron chi connectivity index (χ2n) is 4.74. The summed E-state index contributed by atoms with van der Waals surface area (Å²) < 4.78 is 10.2. The Balaban J connectivity index is 1.68. The van der Waals surface area contributed by atoms with Crippen molar-refractivity contribution in [2.45, 2.75) is 0 Å². The first-order valence-corrected chi connectivity index (χ1v) is 6.97. The molecule has 3 aromatic rings. The van der Waals surface area contributed by atoms with E-state index in [4.69, 9.17) is 9.15 Å². The molecule has 24 heavy (non-hydrogen) atoms. The first kappa shape index (κ1) is 15.3. The zero-order valence-electron chi connectivity index (χ0n) is 12.7. The number of carbonyl (C=O) groups excluding carboxylic acids is 1. The van der Waals surface area contributed by atoms with Gasteiger partial charge in [0.25, 0.3) is 5.91 Å². The predicted octanol–water partition coefficient (Wildman–Crippen LogP) is 2.15. The molecular formula is C16H14N4O4. The Morgan fingerprint density at radius 1 is 1.42 bits per heavy atom. The number of rotatable bonds is 5. The van der Waals surface area contributed by atoms with Crippen LogP contribution < -0.4 is 10.2 Å². The van der Waals surface area contributed by atoms with Crippen LogP contribution in [-0.2, 0) is 0 Å². The molecule has 0 aliphatic carbocycles. The Hall–Kier alpha value is -3.55. The van der Waals surface area contributed by atoms with Crippen LogP contribution in [0.25, 0.3) is 11.5 Å². The molecule has 0 aliphatic heterocycles. The van der Waals surface area contributed by atoms with E-state index in [0.717, 1.165) is 0 Å². The number of para-hydroxylation sites is 1. The number of phenolic OH excluding ortho intramolecular Hbond substituents is 1. The Kier molecular flexibility index (Phi) is 4.28. The number of hydrazone groups is 1. The number of ether oxygens (including phenoxy) is 1. The molecule has 0 aliphatic rings. The summed E-state index contributed by atoms with van der Waals surface area (Å²) in [7, 11) is 1.45. The van der Waals surface area contributed by atoms with Crippen LogP contribution in [0.1, 0.15) is 16.1 Å². The van der Waals surface area contributed by atoms with Gasteiger partial charge in [-0.25, -0.2) is 5.43 Å². The SMILES string of the molecule is COc1cccc(C=NNC(=O)c2cc(-c3ccco3)[nH]n2)c1O. The summed E-state index contributed by atoms with van der Waals surface area (Å²) in [5.74, 6) is 0.340. The van der Waals surface area contributed by atoms with Gasteiger partial charge in [0.1, 0.15) is 5.69 Å². The standard InChI is InChI=1S/C16H14N4O4/c1-23-14-5-2-4-10(15(14)21)9-17-20-16(22)12-8-11(18-19-12)13-6-3-7-24-13/h2-9,21H,1H3,(H,18,19)(H,20,22). The summed E-state index contributed by atoms with van der Waals surface area (Å²) in [6, 6.07) is 9.99. The van der Waals surface area contributed by atoms with E-state index in [2.05, 4.69) is 20.7 Å². The summed E-state index contributed by atoms with van der Waals surface area (Å²) in [6.07, 6.45) is 2.84. The molecule has 0 unspecified atom stereocenters. The maximum Gasteiger partial charge on any atom is 0.291 e. The smallest absolute Gasteiger partial charge is 0.291 e. The fraction of sp³-hybridized carbons (Fsp3) is 0.0625. The van der Waals surface area contributed by atoms with Crippen molar-refractivity contribution in [2.75, 3.05) is 7.11 Å². The van der Waals surface area contributed by atoms with E-state index in [1.807, 2.05) is 0 Å². The number of benzene rings is 1. The van der Waals surface area contributed by atoms with Crippen LogP contribution in [0.2, 0.25) is 0 Å². The highest BCUT2D eigenvalue weighted by Crippen LogP contribution is 2.27. The zero-order valence-corrected chi connectivity index (χ0v) is 12.7. The summed E-state index contributed by atoms with van der Waals surface area (Å²) in [5.41, 5.74) is 3.49. The molecule has 0 bridgehead atoms. The number of aromatic amines is 1. The van der Waals surface area contributed by atoms with Crippen molar-refractivity contribution < 1.29 is 19.1 Å². The molecule has 2 heterocycles. The van der Waals surface area contributed by atoms with Crippen LogP contribution in [-0.4, -0.2) is 34.5 Å². The lowest BCUT2D eigenvalue weighted by Gasteiger charge is -2.04. The number of hydrogen-bond donors (Lipinski definition) is 3. The van der Waals surface area contributed by atoms with Gasteiger partial charge in [-0.05, 0) is 24.3 Å². The van der Waals surface area contributed by atoms with Crippen LogP contribution in [0.15, 0.2) is 52.2 Å². The average molecular weight is 326 g/mol. The van der Waals surface area contributed by atoms with Crippen molar-refractivity contribution in [3.8, 4) is 23.0 Å². The van der Waals surface area contributed by atoms with Crippen LogP contribution in [0.5, 0.6) is 11.5 Å². The molecular weight excluding hydrogens is 312 g/mol. The largest absolute Gasteiger partial charge is 0.504 e. The van der Waals surface area contributed by atoms with Crippen molar-refractivity contribution in [2.24, 2.45) is 5.10 Å². The molecule has 122 valence electrons. The monoisotopic (exact) mass is 326 g/mol. The zero-order chi connectivity index (χ0) is 16.9. The van der Waals surface area contributed by atoms with Gasteiger partial charge in [-0.1, -0.05) is 6.07 Å². The van der Waals surface area contributed by atoms with Crippen molar-refractivity contribution in [3.63, 3.8) is 0 Å². The topological polar surface area (TPSA) is 113 Å². The summed E-state index contributed by atoms with van der Waals surface area (Å²) in [6.45, 7) is 0. The van der Waals surface area contributed by atoms with E-state index in [-0.39, 0.29) is 11.4 Å². The minimum Gasteiger partial charge on any atom is -0.504 e. The summed E-state index contributed by atoms with van der Waals surface area (Å²) >= 11 is 0. The van der Waals surface area contributed by atoms with Gasteiger partial charge < -0.3 is 14.3 Å². The number of methoxy groups -OCH3 is 1. The molecule has 0 saturated carbocycles. The van der Waals surface area contributed by atoms with Crippen LogP contribution >= 0.6 is 0 Å². The fourth-order valence-corrected chi connectivity index (χ4v) is 2.02. The Bertz CT molecular complexity index is 868. The minimum absolute atomic E-state index is 0.0575. The number of nitrogens with zero attached hydrogens (tertiary/aromatic N) is 2. The van der Waals surface area contributed by atoms with Gasteiger partial charge in [0.2, 0.25) is 0 Å². The van der Waals surface area contributed by atoms with Crippen molar-refractivity contribution in [1.82, 2.24) is 15.6 Å². The van der Waals surface area contributed by atoms with Crippen molar-refractivity contribution in [3.05, 3.63) is 53.9 Å². The van der Waals surface area contributed by atoms with Crippen LogP contribution in [0, 0.1) is 0 Å². The van der Waals surface area contributed by atoms with Gasteiger partial charge in [0.15, 0.2) is 23.0 Å². The van der Waals surface area contributed by atoms with E-state index < -0.39 is 5.91 Å². The molecule has 0 radical (unpaired) electrons. The number of H-pyrrole nitrogens is 1. The van der Waals surface area contributed by atoms with Gasteiger partial charge >= 0.3 is 0 Å². The first-order chi connectivity index (χ1) is 11.7. The second kappa shape index (κ2) is 6.69. The lowest BCUT2D eigenvalue weighted by molar-refractivity contribution is 0.0950. The van der Waals surface area contributed by atoms with Gasteiger partial charge in [0, 0.05) is 11.6 Å². The number of aromatic nitrogens is 2. The molecule has 3 N–H and O–H groups in total. The fourth-order valence-electron chi connectivity index (χ4n) is 2.02.